The first-order chi connectivity index (χ1) is 8.98. The number of carbonyl (C=O) groups excluding carboxylic acids is 1. The number of ether oxygens (including phenoxy) is 1. The fourth-order valence-corrected chi connectivity index (χ4v) is 2.25. The molecule has 104 valence electrons. The maximum absolute atomic E-state index is 12.0. The van der Waals surface area contributed by atoms with Crippen molar-refractivity contribution in [2.45, 2.75) is 51.9 Å². The van der Waals surface area contributed by atoms with Crippen LogP contribution in [0, 0.1) is 5.92 Å². The SMILES string of the molecule is CCOC(=O)C(c1cnc(C2(C)CC2)nc1)C(C)C. The lowest BCUT2D eigenvalue weighted by molar-refractivity contribution is -0.146. The van der Waals surface area contributed by atoms with Crippen LogP contribution in [0.3, 0.4) is 0 Å². The van der Waals surface area contributed by atoms with Crippen LogP contribution in [0.2, 0.25) is 0 Å². The van der Waals surface area contributed by atoms with E-state index in [9.17, 15) is 4.79 Å². The first-order valence-electron chi connectivity index (χ1n) is 6.97. The summed E-state index contributed by atoms with van der Waals surface area (Å²) in [6.07, 6.45) is 5.87. The Morgan fingerprint density at radius 3 is 2.37 bits per heavy atom. The molecular formula is C15H22N2O2. The van der Waals surface area contributed by atoms with Gasteiger partial charge in [-0.05, 0) is 25.7 Å². The first kappa shape index (κ1) is 14.0. The van der Waals surface area contributed by atoms with Crippen molar-refractivity contribution < 1.29 is 9.53 Å². The summed E-state index contributed by atoms with van der Waals surface area (Å²) in [6, 6.07) is 0. The summed E-state index contributed by atoms with van der Waals surface area (Å²) in [5, 5.41) is 0. The molecule has 19 heavy (non-hydrogen) atoms. The predicted octanol–water partition coefficient (Wildman–Crippen LogP) is 2.83. The number of carbonyl (C=O) groups is 1. The van der Waals surface area contributed by atoms with Gasteiger partial charge in [0.2, 0.25) is 0 Å². The highest BCUT2D eigenvalue weighted by molar-refractivity contribution is 5.78. The fraction of sp³-hybridized carbons (Fsp3) is 0.667. The minimum absolute atomic E-state index is 0.162. The summed E-state index contributed by atoms with van der Waals surface area (Å²) in [5.74, 6) is 0.597. The Labute approximate surface area is 114 Å². The average Bonchev–Trinajstić information content (AvgIpc) is 3.09. The maximum Gasteiger partial charge on any atom is 0.313 e. The first-order valence-corrected chi connectivity index (χ1v) is 6.97. The second-order valence-electron chi connectivity index (χ2n) is 5.87. The molecule has 1 aromatic rings. The van der Waals surface area contributed by atoms with E-state index < -0.39 is 0 Å². The number of hydrogen-bond acceptors (Lipinski definition) is 4. The van der Waals surface area contributed by atoms with Gasteiger partial charge in [-0.2, -0.15) is 0 Å². The zero-order chi connectivity index (χ0) is 14.0. The average molecular weight is 262 g/mol. The Balaban J connectivity index is 2.20. The molecule has 1 aliphatic rings. The molecule has 1 aliphatic carbocycles. The van der Waals surface area contributed by atoms with Crippen LogP contribution in [0.25, 0.3) is 0 Å². The standard InChI is InChI=1S/C15H22N2O2/c1-5-19-13(18)12(10(2)3)11-8-16-14(17-9-11)15(4)6-7-15/h8-10,12H,5-7H2,1-4H3. The molecular weight excluding hydrogens is 240 g/mol. The van der Waals surface area contributed by atoms with Crippen molar-refractivity contribution in [3.8, 4) is 0 Å². The summed E-state index contributed by atoms with van der Waals surface area (Å²) < 4.78 is 5.14. The Hall–Kier alpha value is -1.45. The summed E-state index contributed by atoms with van der Waals surface area (Å²) in [7, 11) is 0. The van der Waals surface area contributed by atoms with Crippen LogP contribution in [0.1, 0.15) is 57.8 Å². The van der Waals surface area contributed by atoms with E-state index in [-0.39, 0.29) is 23.2 Å². The predicted molar refractivity (Wildman–Crippen MR) is 72.8 cm³/mol. The molecule has 0 bridgehead atoms. The largest absolute Gasteiger partial charge is 0.466 e. The monoisotopic (exact) mass is 262 g/mol. The van der Waals surface area contributed by atoms with Gasteiger partial charge in [-0.3, -0.25) is 4.79 Å². The third-order valence-corrected chi connectivity index (χ3v) is 3.78. The van der Waals surface area contributed by atoms with E-state index in [0.717, 1.165) is 24.2 Å². The Morgan fingerprint density at radius 2 is 1.95 bits per heavy atom. The smallest absolute Gasteiger partial charge is 0.313 e. The van der Waals surface area contributed by atoms with Crippen LogP contribution in [0.4, 0.5) is 0 Å². The van der Waals surface area contributed by atoms with Crippen molar-refractivity contribution in [1.82, 2.24) is 9.97 Å². The van der Waals surface area contributed by atoms with Crippen LogP contribution in [-0.4, -0.2) is 22.5 Å². The molecule has 1 fully saturated rings. The van der Waals surface area contributed by atoms with Gasteiger partial charge in [-0.1, -0.05) is 20.8 Å². The third kappa shape index (κ3) is 2.94. The number of aromatic nitrogens is 2. The van der Waals surface area contributed by atoms with Crippen molar-refractivity contribution in [1.29, 1.82) is 0 Å². The van der Waals surface area contributed by atoms with Gasteiger partial charge >= 0.3 is 5.97 Å². The van der Waals surface area contributed by atoms with Gasteiger partial charge in [-0.25, -0.2) is 9.97 Å². The van der Waals surface area contributed by atoms with Crippen molar-refractivity contribution in [2.75, 3.05) is 6.61 Å². The van der Waals surface area contributed by atoms with Crippen LogP contribution in [0.5, 0.6) is 0 Å². The van der Waals surface area contributed by atoms with Crippen molar-refractivity contribution in [3.05, 3.63) is 23.8 Å². The van der Waals surface area contributed by atoms with E-state index in [2.05, 4.69) is 16.9 Å². The Morgan fingerprint density at radius 1 is 1.37 bits per heavy atom. The molecule has 1 atom stereocenters. The quantitative estimate of drug-likeness (QED) is 0.766. The molecule has 1 heterocycles. The molecule has 0 spiro atoms. The lowest BCUT2D eigenvalue weighted by atomic mass is 9.90. The highest BCUT2D eigenvalue weighted by Crippen LogP contribution is 2.45. The molecule has 0 amide bonds. The molecule has 0 radical (unpaired) electrons. The molecule has 0 aromatic carbocycles. The van der Waals surface area contributed by atoms with Crippen LogP contribution in [-0.2, 0) is 14.9 Å². The molecule has 4 heteroatoms. The van der Waals surface area contributed by atoms with Crippen molar-refractivity contribution in [2.24, 2.45) is 5.92 Å². The van der Waals surface area contributed by atoms with Crippen LogP contribution in [0.15, 0.2) is 12.4 Å². The van der Waals surface area contributed by atoms with E-state index >= 15 is 0 Å². The van der Waals surface area contributed by atoms with Gasteiger partial charge in [0, 0.05) is 23.4 Å². The van der Waals surface area contributed by atoms with E-state index in [1.807, 2.05) is 20.8 Å². The van der Waals surface area contributed by atoms with E-state index in [1.165, 1.54) is 0 Å². The number of hydrogen-bond donors (Lipinski definition) is 0. The molecule has 2 rings (SSSR count). The summed E-state index contributed by atoms with van der Waals surface area (Å²) in [5.41, 5.74) is 1.01. The van der Waals surface area contributed by atoms with E-state index in [4.69, 9.17) is 4.74 Å². The third-order valence-electron chi connectivity index (χ3n) is 3.78. The zero-order valence-electron chi connectivity index (χ0n) is 12.1. The van der Waals surface area contributed by atoms with Crippen LogP contribution < -0.4 is 0 Å². The number of esters is 1. The minimum Gasteiger partial charge on any atom is -0.466 e. The summed E-state index contributed by atoms with van der Waals surface area (Å²) >= 11 is 0. The van der Waals surface area contributed by atoms with Crippen LogP contribution >= 0.6 is 0 Å². The lowest BCUT2D eigenvalue weighted by Crippen LogP contribution is -2.21. The molecule has 4 nitrogen and oxygen atoms in total. The Bertz CT molecular complexity index is 450. The normalized spacial score (nSPS) is 18.2. The van der Waals surface area contributed by atoms with Gasteiger partial charge in [0.15, 0.2) is 0 Å². The molecule has 0 saturated heterocycles. The van der Waals surface area contributed by atoms with E-state index in [0.29, 0.717) is 6.61 Å². The minimum atomic E-state index is -0.277. The summed E-state index contributed by atoms with van der Waals surface area (Å²) in [6.45, 7) is 8.42. The summed E-state index contributed by atoms with van der Waals surface area (Å²) in [4.78, 5) is 20.9. The zero-order valence-corrected chi connectivity index (χ0v) is 12.1. The van der Waals surface area contributed by atoms with E-state index in [1.54, 1.807) is 12.4 Å². The molecule has 0 N–H and O–H groups in total. The topological polar surface area (TPSA) is 52.1 Å². The van der Waals surface area contributed by atoms with Gasteiger partial charge in [-0.15, -0.1) is 0 Å². The van der Waals surface area contributed by atoms with Crippen molar-refractivity contribution >= 4 is 5.97 Å². The van der Waals surface area contributed by atoms with Crippen molar-refractivity contribution in [3.63, 3.8) is 0 Å². The molecule has 1 aromatic heterocycles. The van der Waals surface area contributed by atoms with Gasteiger partial charge < -0.3 is 4.74 Å². The van der Waals surface area contributed by atoms with Gasteiger partial charge in [0.25, 0.3) is 0 Å². The number of rotatable bonds is 5. The second-order valence-corrected chi connectivity index (χ2v) is 5.87. The lowest BCUT2D eigenvalue weighted by Gasteiger charge is -2.19. The molecule has 1 unspecified atom stereocenters. The van der Waals surface area contributed by atoms with Gasteiger partial charge in [0.05, 0.1) is 12.5 Å². The number of nitrogens with zero attached hydrogens (tertiary/aromatic N) is 2. The second kappa shape index (κ2) is 5.27. The molecule has 1 saturated carbocycles. The fourth-order valence-electron chi connectivity index (χ4n) is 2.25. The van der Waals surface area contributed by atoms with Gasteiger partial charge in [0.1, 0.15) is 5.82 Å². The molecule has 0 aliphatic heterocycles. The highest BCUT2D eigenvalue weighted by Gasteiger charge is 2.42. The maximum atomic E-state index is 12.0. The highest BCUT2D eigenvalue weighted by atomic mass is 16.5. The Kier molecular flexibility index (Phi) is 3.88.